The van der Waals surface area contributed by atoms with Crippen LogP contribution in [-0.4, -0.2) is 14.8 Å². The van der Waals surface area contributed by atoms with Crippen molar-refractivity contribution >= 4 is 6.08 Å². The smallest absolute Gasteiger partial charge is 1.00 e. The fraction of sp³-hybridized carbons (Fsp3) is 0.0625. The van der Waals surface area contributed by atoms with Crippen molar-refractivity contribution in [3.8, 4) is 0 Å². The Kier molecular flexibility index (Phi) is 10.1. The average molecular weight is 409 g/mol. The molecule has 0 saturated heterocycles. The summed E-state index contributed by atoms with van der Waals surface area (Å²) in [5.41, 5.74) is 2.48. The first kappa shape index (κ1) is 20.9. The van der Waals surface area contributed by atoms with Gasteiger partial charge >= 0.3 is 26.2 Å². The second-order valence-corrected chi connectivity index (χ2v) is 4.21. The number of hydrogen-bond donors (Lipinski definition) is 0. The van der Waals surface area contributed by atoms with Crippen molar-refractivity contribution in [1.29, 1.82) is 0 Å². The summed E-state index contributed by atoms with van der Waals surface area (Å²) in [6.45, 7) is 0. The van der Waals surface area contributed by atoms with Crippen LogP contribution in [0.4, 0.5) is 0 Å². The molecule has 0 aliphatic heterocycles. The van der Waals surface area contributed by atoms with E-state index in [4.69, 9.17) is 0 Å². The minimum Gasteiger partial charge on any atom is -1.00 e. The van der Waals surface area contributed by atoms with Crippen molar-refractivity contribution in [1.82, 2.24) is 14.8 Å². The molecule has 0 bridgehead atoms. The van der Waals surface area contributed by atoms with Gasteiger partial charge in [0.05, 0.1) is 0 Å². The summed E-state index contributed by atoms with van der Waals surface area (Å²) in [7, 11) is 0. The fourth-order valence-electron chi connectivity index (χ4n) is 2.06. The van der Waals surface area contributed by atoms with Crippen molar-refractivity contribution in [2.45, 2.75) is 6.04 Å². The number of benzene rings is 1. The fourth-order valence-corrected chi connectivity index (χ4v) is 2.06. The van der Waals surface area contributed by atoms with E-state index in [0.717, 1.165) is 0 Å². The van der Waals surface area contributed by atoms with E-state index in [2.05, 4.69) is 28.4 Å². The zero-order valence-corrected chi connectivity index (χ0v) is 15.6. The first-order valence-electron chi connectivity index (χ1n) is 6.14. The molecule has 1 unspecified atom stereocenters. The number of hydrogen-bond acceptors (Lipinski definition) is 2. The first-order valence-corrected chi connectivity index (χ1v) is 6.14. The maximum atomic E-state index is 3.80. The van der Waals surface area contributed by atoms with E-state index in [1.807, 2.05) is 53.1 Å². The molecule has 0 fully saturated rings. The SMILES string of the molecule is [C-]1=Cc2ccccc2C1n1cnnc1.[Cl-].[Cl-].[Zr+4].c1cc[cH-]c1. The molecule has 0 N–H and O–H groups in total. The third kappa shape index (κ3) is 4.98. The Balaban J connectivity index is 0.000000482. The van der Waals surface area contributed by atoms with Crippen molar-refractivity contribution in [3.63, 3.8) is 0 Å². The maximum Gasteiger partial charge on any atom is 4.00 e. The third-order valence-corrected chi connectivity index (χ3v) is 2.98. The first-order chi connectivity index (χ1) is 9.45. The normalized spacial score (nSPS) is 13.5. The second-order valence-electron chi connectivity index (χ2n) is 4.21. The van der Waals surface area contributed by atoms with Gasteiger partial charge in [-0.25, -0.2) is 24.3 Å². The molecule has 3 nitrogen and oxygen atoms in total. The van der Waals surface area contributed by atoms with Gasteiger partial charge in [0.25, 0.3) is 0 Å². The zero-order chi connectivity index (χ0) is 12.9. The Morgan fingerprint density at radius 2 is 1.59 bits per heavy atom. The van der Waals surface area contributed by atoms with Crippen LogP contribution >= 0.6 is 0 Å². The minimum absolute atomic E-state index is 0. The van der Waals surface area contributed by atoms with Gasteiger partial charge in [-0.05, 0) is 6.04 Å². The van der Waals surface area contributed by atoms with E-state index in [0.29, 0.717) is 0 Å². The van der Waals surface area contributed by atoms with Gasteiger partial charge in [-0.2, -0.15) is 23.8 Å². The van der Waals surface area contributed by atoms with Gasteiger partial charge in [0, 0.05) is 0 Å². The van der Waals surface area contributed by atoms with Crippen LogP contribution in [0.3, 0.4) is 0 Å². The number of aromatic nitrogens is 3. The molecule has 0 radical (unpaired) electrons. The van der Waals surface area contributed by atoms with Crippen LogP contribution in [0, 0.1) is 6.08 Å². The second kappa shape index (κ2) is 10.6. The average Bonchev–Trinajstić information content (AvgIpc) is 3.21. The van der Waals surface area contributed by atoms with Crippen molar-refractivity contribution in [3.05, 3.63) is 84.5 Å². The monoisotopic (exact) mass is 407 g/mol. The number of allylic oxidation sites excluding steroid dienone is 1. The van der Waals surface area contributed by atoms with E-state index in [1.165, 1.54) is 11.1 Å². The zero-order valence-electron chi connectivity index (χ0n) is 11.6. The number of halogens is 2. The molecule has 22 heavy (non-hydrogen) atoms. The Morgan fingerprint density at radius 1 is 0.955 bits per heavy atom. The summed E-state index contributed by atoms with van der Waals surface area (Å²) in [5.74, 6) is 0. The molecule has 1 atom stereocenters. The Morgan fingerprint density at radius 3 is 2.18 bits per heavy atom. The third-order valence-electron chi connectivity index (χ3n) is 2.98. The number of rotatable bonds is 1. The summed E-state index contributed by atoms with van der Waals surface area (Å²) in [6.07, 6.45) is 8.73. The molecule has 4 rings (SSSR count). The van der Waals surface area contributed by atoms with Crippen molar-refractivity contribution in [2.75, 3.05) is 0 Å². The molecule has 0 spiro atoms. The molecule has 1 heterocycles. The van der Waals surface area contributed by atoms with Gasteiger partial charge < -0.3 is 29.4 Å². The van der Waals surface area contributed by atoms with Crippen LogP contribution in [0.1, 0.15) is 17.2 Å². The molecular weight excluding hydrogens is 396 g/mol. The standard InChI is InChI=1S/C11H8N3.C5H5.2ClH.Zr/c1-2-4-10-9(3-1)5-6-11(10)14-7-12-13-8-14;1-2-4-5-3-1;;;/h1-5,7-8,11H;1-5H;2*1H;/q2*-1;;;+4/p-2. The quantitative estimate of drug-likeness (QED) is 0.404. The Hall–Kier alpha value is -1.09. The van der Waals surface area contributed by atoms with E-state index >= 15 is 0 Å². The summed E-state index contributed by atoms with van der Waals surface area (Å²) in [6, 6.07) is 18.4. The van der Waals surface area contributed by atoms with Gasteiger partial charge in [0.1, 0.15) is 12.7 Å². The topological polar surface area (TPSA) is 30.7 Å². The molecule has 110 valence electrons. The number of nitrogens with zero attached hydrogens (tertiary/aromatic N) is 3. The molecule has 1 aromatic heterocycles. The van der Waals surface area contributed by atoms with Crippen LogP contribution in [0.5, 0.6) is 0 Å². The van der Waals surface area contributed by atoms with Crippen LogP contribution in [0.25, 0.3) is 6.08 Å². The van der Waals surface area contributed by atoms with Crippen LogP contribution in [-0.2, 0) is 26.2 Å². The maximum absolute atomic E-state index is 3.80. The predicted octanol–water partition coefficient (Wildman–Crippen LogP) is -2.89. The summed E-state index contributed by atoms with van der Waals surface area (Å²) >= 11 is 0. The van der Waals surface area contributed by atoms with Crippen LogP contribution in [0.2, 0.25) is 0 Å². The minimum atomic E-state index is 0. The molecule has 0 amide bonds. The van der Waals surface area contributed by atoms with E-state index < -0.39 is 0 Å². The largest absolute Gasteiger partial charge is 4.00 e. The number of fused-ring (bicyclic) bond motifs is 1. The summed E-state index contributed by atoms with van der Waals surface area (Å²) in [4.78, 5) is 0. The van der Waals surface area contributed by atoms with E-state index in [1.54, 1.807) is 12.7 Å². The van der Waals surface area contributed by atoms with E-state index in [-0.39, 0.29) is 57.1 Å². The van der Waals surface area contributed by atoms with Gasteiger partial charge in [-0.15, -0.1) is 21.8 Å². The Labute approximate surface area is 161 Å². The molecule has 1 aliphatic rings. The molecule has 6 heteroatoms. The van der Waals surface area contributed by atoms with E-state index in [9.17, 15) is 0 Å². The molecular formula is C16H13Cl2N3Zr. The molecule has 1 aliphatic carbocycles. The summed E-state index contributed by atoms with van der Waals surface area (Å²) < 4.78 is 1.95. The van der Waals surface area contributed by atoms with Crippen molar-refractivity contribution in [2.24, 2.45) is 0 Å². The van der Waals surface area contributed by atoms with Gasteiger partial charge in [-0.3, -0.25) is 0 Å². The summed E-state index contributed by atoms with van der Waals surface area (Å²) in [5, 5.41) is 7.60. The van der Waals surface area contributed by atoms with Gasteiger partial charge in [0.15, 0.2) is 0 Å². The van der Waals surface area contributed by atoms with Crippen LogP contribution in [0.15, 0.2) is 67.3 Å². The van der Waals surface area contributed by atoms with Crippen LogP contribution < -0.4 is 24.8 Å². The Bertz CT molecular complexity index is 635. The van der Waals surface area contributed by atoms with Gasteiger partial charge in [0.2, 0.25) is 0 Å². The predicted molar refractivity (Wildman–Crippen MR) is 74.3 cm³/mol. The van der Waals surface area contributed by atoms with Gasteiger partial charge in [-0.1, -0.05) is 18.2 Å². The molecule has 0 saturated carbocycles. The van der Waals surface area contributed by atoms with Crippen molar-refractivity contribution < 1.29 is 51.0 Å². The molecule has 2 aromatic carbocycles. The molecule has 3 aromatic rings.